The van der Waals surface area contributed by atoms with Crippen LogP contribution in [-0.2, 0) is 4.79 Å². The zero-order valence-electron chi connectivity index (χ0n) is 9.95. The van der Waals surface area contributed by atoms with E-state index in [4.69, 9.17) is 0 Å². The number of carbonyl (C=O) groups is 1. The Kier molecular flexibility index (Phi) is 3.80. The second-order valence-corrected chi connectivity index (χ2v) is 6.22. The highest BCUT2D eigenvalue weighted by molar-refractivity contribution is 7.99. The summed E-state index contributed by atoms with van der Waals surface area (Å²) in [5.41, 5.74) is -0.569. The Morgan fingerprint density at radius 1 is 1.31 bits per heavy atom. The fourth-order valence-electron chi connectivity index (χ4n) is 3.07. The number of hydrogen-bond donors (Lipinski definition) is 1. The summed E-state index contributed by atoms with van der Waals surface area (Å²) in [6.07, 6.45) is 6.50. The van der Waals surface area contributed by atoms with Crippen LogP contribution >= 0.6 is 11.8 Å². The Morgan fingerprint density at radius 3 is 2.38 bits per heavy atom. The van der Waals surface area contributed by atoms with Crippen LogP contribution < -0.4 is 0 Å². The third kappa shape index (κ3) is 2.09. The van der Waals surface area contributed by atoms with Crippen LogP contribution in [0.4, 0.5) is 0 Å². The van der Waals surface area contributed by atoms with E-state index < -0.39 is 11.5 Å². The predicted octanol–water partition coefficient (Wildman–Crippen LogP) is 2.21. The molecule has 0 radical (unpaired) electrons. The number of carboxylic acid groups (broad SMARTS) is 1. The molecule has 3 nitrogen and oxygen atoms in total. The number of rotatable bonds is 3. The molecule has 0 bridgehead atoms. The molecular weight excluding hydrogens is 222 g/mol. The van der Waals surface area contributed by atoms with Crippen molar-refractivity contribution in [2.75, 3.05) is 18.6 Å². The van der Waals surface area contributed by atoms with Gasteiger partial charge in [-0.25, -0.2) is 0 Å². The van der Waals surface area contributed by atoms with Crippen LogP contribution in [0.25, 0.3) is 0 Å². The number of thioether (sulfide) groups is 1. The molecule has 1 saturated heterocycles. The van der Waals surface area contributed by atoms with E-state index in [-0.39, 0.29) is 0 Å². The van der Waals surface area contributed by atoms with Crippen molar-refractivity contribution in [1.29, 1.82) is 0 Å². The molecule has 0 unspecified atom stereocenters. The lowest BCUT2D eigenvalue weighted by molar-refractivity contribution is -0.153. The average molecular weight is 243 g/mol. The van der Waals surface area contributed by atoms with Crippen LogP contribution in [0, 0.1) is 0 Å². The maximum absolute atomic E-state index is 11.6. The van der Waals surface area contributed by atoms with E-state index in [0.717, 1.165) is 24.3 Å². The van der Waals surface area contributed by atoms with Crippen LogP contribution in [0.1, 0.15) is 38.5 Å². The number of hydrogen-bond acceptors (Lipinski definition) is 3. The number of aliphatic carboxylic acids is 1. The number of carboxylic acids is 1. The molecular formula is C12H21NO2S. The Labute approximate surface area is 102 Å². The molecule has 0 aromatic rings. The summed E-state index contributed by atoms with van der Waals surface area (Å²) in [6.45, 7) is 0. The van der Waals surface area contributed by atoms with Crippen molar-refractivity contribution in [3.63, 3.8) is 0 Å². The van der Waals surface area contributed by atoms with Gasteiger partial charge >= 0.3 is 5.97 Å². The summed E-state index contributed by atoms with van der Waals surface area (Å²) in [7, 11) is 2.03. The fourth-order valence-corrected chi connectivity index (χ4v) is 4.24. The lowest BCUT2D eigenvalue weighted by atomic mass is 9.88. The molecule has 2 aliphatic rings. The van der Waals surface area contributed by atoms with Crippen molar-refractivity contribution in [2.24, 2.45) is 0 Å². The summed E-state index contributed by atoms with van der Waals surface area (Å²) in [6, 6.07) is 0.499. The van der Waals surface area contributed by atoms with Crippen molar-refractivity contribution in [3.05, 3.63) is 0 Å². The molecule has 1 aliphatic carbocycles. The van der Waals surface area contributed by atoms with Gasteiger partial charge in [0.1, 0.15) is 5.54 Å². The van der Waals surface area contributed by atoms with Crippen LogP contribution in [0.5, 0.6) is 0 Å². The minimum absolute atomic E-state index is 0.499. The van der Waals surface area contributed by atoms with Gasteiger partial charge in [0.15, 0.2) is 0 Å². The van der Waals surface area contributed by atoms with Gasteiger partial charge in [-0.05, 0) is 44.2 Å². The summed E-state index contributed by atoms with van der Waals surface area (Å²) >= 11 is 1.88. The molecule has 4 heteroatoms. The maximum Gasteiger partial charge on any atom is 0.324 e. The molecule has 2 fully saturated rings. The molecule has 1 N–H and O–H groups in total. The molecule has 16 heavy (non-hydrogen) atoms. The zero-order valence-corrected chi connectivity index (χ0v) is 10.8. The summed E-state index contributed by atoms with van der Waals surface area (Å²) < 4.78 is 0. The van der Waals surface area contributed by atoms with Gasteiger partial charge in [0, 0.05) is 6.04 Å². The molecule has 2 rings (SSSR count). The largest absolute Gasteiger partial charge is 0.480 e. The van der Waals surface area contributed by atoms with E-state index in [2.05, 4.69) is 4.90 Å². The maximum atomic E-state index is 11.6. The Bertz CT molecular complexity index is 258. The normalized spacial score (nSPS) is 26.1. The fraction of sp³-hybridized carbons (Fsp3) is 0.917. The monoisotopic (exact) mass is 243 g/mol. The summed E-state index contributed by atoms with van der Waals surface area (Å²) in [5.74, 6) is 1.37. The van der Waals surface area contributed by atoms with Gasteiger partial charge < -0.3 is 5.11 Å². The van der Waals surface area contributed by atoms with Crippen molar-refractivity contribution in [2.45, 2.75) is 50.1 Å². The second kappa shape index (κ2) is 4.96. The van der Waals surface area contributed by atoms with E-state index in [1.165, 1.54) is 25.7 Å². The molecule has 0 atom stereocenters. The van der Waals surface area contributed by atoms with Crippen LogP contribution in [0.2, 0.25) is 0 Å². The molecule has 1 saturated carbocycles. The summed E-state index contributed by atoms with van der Waals surface area (Å²) in [4.78, 5) is 13.8. The van der Waals surface area contributed by atoms with E-state index in [1.807, 2.05) is 18.8 Å². The van der Waals surface area contributed by atoms with Gasteiger partial charge in [-0.2, -0.15) is 11.8 Å². The van der Waals surface area contributed by atoms with Gasteiger partial charge in [-0.3, -0.25) is 9.69 Å². The average Bonchev–Trinajstić information content (AvgIpc) is 2.82. The quantitative estimate of drug-likeness (QED) is 0.825. The van der Waals surface area contributed by atoms with Crippen LogP contribution in [-0.4, -0.2) is 46.1 Å². The van der Waals surface area contributed by atoms with Gasteiger partial charge in [0.25, 0.3) is 0 Å². The standard InChI is InChI=1S/C12H21NO2S/c1-13(10-4-2-3-5-10)12(11(14)15)6-8-16-9-7-12/h10H,2-9H2,1H3,(H,14,15). The predicted molar refractivity (Wildman–Crippen MR) is 66.9 cm³/mol. The molecule has 0 aromatic heterocycles. The first-order valence-electron chi connectivity index (χ1n) is 6.21. The highest BCUT2D eigenvalue weighted by Crippen LogP contribution is 2.36. The molecule has 1 aliphatic heterocycles. The lowest BCUT2D eigenvalue weighted by Gasteiger charge is -2.43. The van der Waals surface area contributed by atoms with Gasteiger partial charge in [-0.1, -0.05) is 12.8 Å². The van der Waals surface area contributed by atoms with E-state index in [1.54, 1.807) is 0 Å². The summed E-state index contributed by atoms with van der Waals surface area (Å²) in [5, 5.41) is 9.57. The topological polar surface area (TPSA) is 40.5 Å². The first-order chi connectivity index (χ1) is 7.67. The molecule has 1 heterocycles. The molecule has 0 aromatic carbocycles. The smallest absolute Gasteiger partial charge is 0.324 e. The Hall–Kier alpha value is -0.220. The third-order valence-corrected chi connectivity index (χ3v) is 5.25. The van der Waals surface area contributed by atoms with Crippen molar-refractivity contribution in [1.82, 2.24) is 4.90 Å². The third-order valence-electron chi connectivity index (χ3n) is 4.27. The minimum Gasteiger partial charge on any atom is -0.480 e. The number of nitrogens with zero attached hydrogens (tertiary/aromatic N) is 1. The first kappa shape index (κ1) is 12.2. The second-order valence-electron chi connectivity index (χ2n) is 5.00. The Balaban J connectivity index is 2.13. The van der Waals surface area contributed by atoms with Gasteiger partial charge in [0.05, 0.1) is 0 Å². The zero-order chi connectivity index (χ0) is 11.6. The lowest BCUT2D eigenvalue weighted by Crippen LogP contribution is -2.58. The van der Waals surface area contributed by atoms with E-state index in [0.29, 0.717) is 6.04 Å². The Morgan fingerprint density at radius 2 is 1.88 bits per heavy atom. The van der Waals surface area contributed by atoms with Crippen molar-refractivity contribution < 1.29 is 9.90 Å². The van der Waals surface area contributed by atoms with Crippen molar-refractivity contribution >= 4 is 17.7 Å². The van der Waals surface area contributed by atoms with Crippen LogP contribution in [0.15, 0.2) is 0 Å². The van der Waals surface area contributed by atoms with Gasteiger partial charge in [-0.15, -0.1) is 0 Å². The molecule has 0 amide bonds. The van der Waals surface area contributed by atoms with Gasteiger partial charge in [0.2, 0.25) is 0 Å². The van der Waals surface area contributed by atoms with E-state index >= 15 is 0 Å². The minimum atomic E-state index is -0.609. The molecule has 0 spiro atoms. The molecule has 92 valence electrons. The van der Waals surface area contributed by atoms with E-state index in [9.17, 15) is 9.90 Å². The van der Waals surface area contributed by atoms with Crippen LogP contribution in [0.3, 0.4) is 0 Å². The SMILES string of the molecule is CN(C1CCCC1)C1(C(=O)O)CCSCC1. The van der Waals surface area contributed by atoms with Crippen molar-refractivity contribution in [3.8, 4) is 0 Å². The highest BCUT2D eigenvalue weighted by Gasteiger charge is 2.46. The first-order valence-corrected chi connectivity index (χ1v) is 7.36. The highest BCUT2D eigenvalue weighted by atomic mass is 32.2. The number of likely N-dealkylation sites (N-methyl/N-ethyl adjacent to an activating group) is 1.